The number of pyridine rings is 1. The van der Waals surface area contributed by atoms with Gasteiger partial charge in [-0.3, -0.25) is 4.98 Å². The molecule has 0 amide bonds. The summed E-state index contributed by atoms with van der Waals surface area (Å²) in [6.07, 6.45) is 6.49. The van der Waals surface area contributed by atoms with Crippen LogP contribution in [-0.2, 0) is 11.2 Å². The molecule has 6 heteroatoms. The van der Waals surface area contributed by atoms with E-state index in [-0.39, 0.29) is 5.82 Å². The number of aliphatic hydroxyl groups is 2. The van der Waals surface area contributed by atoms with Crippen molar-refractivity contribution in [3.8, 4) is 11.8 Å². The van der Waals surface area contributed by atoms with Crippen molar-refractivity contribution in [2.45, 2.75) is 44.8 Å². The van der Waals surface area contributed by atoms with Gasteiger partial charge in [0, 0.05) is 54.4 Å². The lowest BCUT2D eigenvalue weighted by atomic mass is 9.62. The molecule has 0 aliphatic carbocycles. The van der Waals surface area contributed by atoms with Gasteiger partial charge in [0.15, 0.2) is 11.4 Å². The van der Waals surface area contributed by atoms with Gasteiger partial charge in [0.2, 0.25) is 0 Å². The highest BCUT2D eigenvalue weighted by atomic mass is 16.3. The third kappa shape index (κ3) is 4.35. The van der Waals surface area contributed by atoms with Crippen LogP contribution in [0.1, 0.15) is 61.7 Å². The molecule has 0 spiro atoms. The van der Waals surface area contributed by atoms with Crippen LogP contribution in [0, 0.1) is 17.3 Å². The number of likely N-dealkylation sites (tertiary alicyclic amines) is 1. The number of aromatic nitrogens is 3. The maximum Gasteiger partial charge on any atom is 0.182 e. The SMILES string of the molecule is CC(C)c1ccc([C@](O)(c2cncc(C#CC(C)(O)c3ncccn3)c2)C2(C)CN(C)C2)cc1. The fraction of sp³-hybridized carbons (Fsp3) is 0.393. The summed E-state index contributed by atoms with van der Waals surface area (Å²) >= 11 is 0. The van der Waals surface area contributed by atoms with Gasteiger partial charge in [-0.25, -0.2) is 9.97 Å². The molecule has 6 nitrogen and oxygen atoms in total. The van der Waals surface area contributed by atoms with Crippen molar-refractivity contribution < 1.29 is 10.2 Å². The molecule has 1 fully saturated rings. The number of nitrogens with zero attached hydrogens (tertiary/aromatic N) is 4. The summed E-state index contributed by atoms with van der Waals surface area (Å²) in [5.74, 6) is 6.50. The molecular formula is C28H32N4O2. The Balaban J connectivity index is 1.75. The predicted molar refractivity (Wildman–Crippen MR) is 132 cm³/mol. The summed E-state index contributed by atoms with van der Waals surface area (Å²) in [5, 5.41) is 23.1. The number of hydrogen-bond acceptors (Lipinski definition) is 6. The molecule has 4 rings (SSSR count). The van der Waals surface area contributed by atoms with Gasteiger partial charge in [-0.2, -0.15) is 0 Å². The maximum atomic E-state index is 12.3. The van der Waals surface area contributed by atoms with Crippen LogP contribution in [0.5, 0.6) is 0 Å². The Morgan fingerprint density at radius 2 is 1.68 bits per heavy atom. The Kier molecular flexibility index (Phi) is 6.30. The number of benzene rings is 1. The first-order chi connectivity index (χ1) is 16.0. The average molecular weight is 457 g/mol. The van der Waals surface area contributed by atoms with E-state index in [9.17, 15) is 10.2 Å². The van der Waals surface area contributed by atoms with Gasteiger partial charge < -0.3 is 15.1 Å². The van der Waals surface area contributed by atoms with E-state index >= 15 is 0 Å². The fourth-order valence-electron chi connectivity index (χ4n) is 4.85. The zero-order valence-corrected chi connectivity index (χ0v) is 20.4. The van der Waals surface area contributed by atoms with Gasteiger partial charge in [-0.05, 0) is 43.1 Å². The van der Waals surface area contributed by atoms with E-state index in [4.69, 9.17) is 0 Å². The van der Waals surface area contributed by atoms with Crippen LogP contribution in [-0.4, -0.2) is 50.2 Å². The van der Waals surface area contributed by atoms with Crippen molar-refractivity contribution in [3.05, 3.63) is 89.3 Å². The van der Waals surface area contributed by atoms with E-state index in [1.165, 1.54) is 5.56 Å². The Morgan fingerprint density at radius 1 is 1.03 bits per heavy atom. The second-order valence-corrected chi connectivity index (χ2v) is 10.1. The monoisotopic (exact) mass is 456 g/mol. The summed E-state index contributed by atoms with van der Waals surface area (Å²) in [6, 6.07) is 11.8. The summed E-state index contributed by atoms with van der Waals surface area (Å²) in [7, 11) is 2.05. The Bertz CT molecular complexity index is 1210. The molecule has 176 valence electrons. The van der Waals surface area contributed by atoms with Crippen molar-refractivity contribution in [3.63, 3.8) is 0 Å². The molecule has 1 aromatic carbocycles. The van der Waals surface area contributed by atoms with Gasteiger partial charge in [0.25, 0.3) is 0 Å². The molecule has 1 unspecified atom stereocenters. The number of rotatable bonds is 5. The Morgan fingerprint density at radius 3 is 2.26 bits per heavy atom. The normalized spacial score (nSPS) is 18.8. The lowest BCUT2D eigenvalue weighted by Crippen LogP contribution is -2.63. The van der Waals surface area contributed by atoms with Gasteiger partial charge in [0.05, 0.1) is 0 Å². The molecule has 1 saturated heterocycles. The van der Waals surface area contributed by atoms with Crippen molar-refractivity contribution in [1.82, 2.24) is 19.9 Å². The molecule has 0 radical (unpaired) electrons. The van der Waals surface area contributed by atoms with Crippen molar-refractivity contribution in [2.24, 2.45) is 5.41 Å². The van der Waals surface area contributed by atoms with E-state index in [0.717, 1.165) is 18.7 Å². The van der Waals surface area contributed by atoms with Crippen LogP contribution in [0.4, 0.5) is 0 Å². The average Bonchev–Trinajstić information content (AvgIpc) is 2.82. The molecule has 0 bridgehead atoms. The van der Waals surface area contributed by atoms with Crippen LogP contribution in [0.15, 0.2) is 61.2 Å². The first-order valence-electron chi connectivity index (χ1n) is 11.6. The minimum absolute atomic E-state index is 0.235. The Hall–Kier alpha value is -3.11. The smallest absolute Gasteiger partial charge is 0.182 e. The quantitative estimate of drug-likeness (QED) is 0.573. The number of hydrogen-bond donors (Lipinski definition) is 2. The third-order valence-corrected chi connectivity index (χ3v) is 6.71. The highest BCUT2D eigenvalue weighted by Crippen LogP contribution is 2.50. The Labute approximate surface area is 201 Å². The molecular weight excluding hydrogens is 424 g/mol. The maximum absolute atomic E-state index is 12.3. The van der Waals surface area contributed by atoms with Crippen molar-refractivity contribution >= 4 is 0 Å². The largest absolute Gasteiger partial charge is 0.380 e. The summed E-state index contributed by atoms with van der Waals surface area (Å²) in [6.45, 7) is 9.50. The summed E-state index contributed by atoms with van der Waals surface area (Å²) in [5.41, 5.74) is 0.200. The van der Waals surface area contributed by atoms with Crippen LogP contribution < -0.4 is 0 Å². The zero-order valence-electron chi connectivity index (χ0n) is 20.4. The van der Waals surface area contributed by atoms with E-state index in [1.54, 1.807) is 37.8 Å². The van der Waals surface area contributed by atoms with Crippen LogP contribution in [0.3, 0.4) is 0 Å². The molecule has 2 N–H and O–H groups in total. The minimum atomic E-state index is -1.51. The van der Waals surface area contributed by atoms with Gasteiger partial charge >= 0.3 is 0 Å². The molecule has 2 atom stereocenters. The van der Waals surface area contributed by atoms with Crippen molar-refractivity contribution in [1.29, 1.82) is 0 Å². The van der Waals surface area contributed by atoms with Gasteiger partial charge in [-0.15, -0.1) is 0 Å². The van der Waals surface area contributed by atoms with Crippen LogP contribution in [0.25, 0.3) is 0 Å². The van der Waals surface area contributed by atoms with E-state index < -0.39 is 16.6 Å². The predicted octanol–water partition coefficient (Wildman–Crippen LogP) is 3.44. The van der Waals surface area contributed by atoms with E-state index in [1.807, 2.05) is 18.2 Å². The van der Waals surface area contributed by atoms with Gasteiger partial charge in [0.1, 0.15) is 5.60 Å². The van der Waals surface area contributed by atoms with Crippen molar-refractivity contribution in [2.75, 3.05) is 20.1 Å². The topological polar surface area (TPSA) is 82.4 Å². The van der Waals surface area contributed by atoms with Gasteiger partial charge in [-0.1, -0.05) is 56.9 Å². The summed E-state index contributed by atoms with van der Waals surface area (Å²) < 4.78 is 0. The minimum Gasteiger partial charge on any atom is -0.380 e. The molecule has 34 heavy (non-hydrogen) atoms. The standard InChI is InChI=1S/C28H32N4O2/c1-20(2)22-7-9-23(10-8-22)28(34,26(3)18-32(5)19-26)24-15-21(16-29-17-24)11-12-27(4,33)25-30-13-6-14-31-25/h6-10,13-17,20,33-34H,18-19H2,1-5H3/t27?,28-/m0/s1. The second-order valence-electron chi connectivity index (χ2n) is 10.1. The third-order valence-electron chi connectivity index (χ3n) is 6.71. The fourth-order valence-corrected chi connectivity index (χ4v) is 4.85. The van der Waals surface area contributed by atoms with E-state index in [2.05, 4.69) is 71.6 Å². The first-order valence-corrected chi connectivity index (χ1v) is 11.6. The molecule has 0 saturated carbocycles. The lowest BCUT2D eigenvalue weighted by molar-refractivity contribution is -0.127. The molecule has 1 aliphatic rings. The molecule has 2 aromatic heterocycles. The molecule has 3 aromatic rings. The first kappa shape index (κ1) is 24.0. The lowest BCUT2D eigenvalue weighted by Gasteiger charge is -2.55. The second kappa shape index (κ2) is 8.92. The molecule has 3 heterocycles. The van der Waals surface area contributed by atoms with Crippen LogP contribution in [0.2, 0.25) is 0 Å². The zero-order chi connectivity index (χ0) is 24.6. The summed E-state index contributed by atoms with van der Waals surface area (Å²) in [4.78, 5) is 14.8. The highest BCUT2D eigenvalue weighted by molar-refractivity contribution is 5.45. The van der Waals surface area contributed by atoms with Crippen LogP contribution >= 0.6 is 0 Å². The van der Waals surface area contributed by atoms with E-state index in [0.29, 0.717) is 17.0 Å². The molecule has 1 aliphatic heterocycles. The highest BCUT2D eigenvalue weighted by Gasteiger charge is 2.55.